The highest BCUT2D eigenvalue weighted by atomic mass is 32.1. The number of amides is 2. The van der Waals surface area contributed by atoms with Crippen LogP contribution in [0.5, 0.6) is 0 Å². The zero-order chi connectivity index (χ0) is 15.2. The summed E-state index contributed by atoms with van der Waals surface area (Å²) in [7, 11) is 0. The summed E-state index contributed by atoms with van der Waals surface area (Å²) >= 11 is 1.48. The second kappa shape index (κ2) is 7.04. The van der Waals surface area contributed by atoms with Gasteiger partial charge >= 0.3 is 0 Å². The van der Waals surface area contributed by atoms with E-state index in [1.54, 1.807) is 12.1 Å². The molecule has 0 spiro atoms. The molecule has 1 heterocycles. The lowest BCUT2D eigenvalue weighted by atomic mass is 10.2. The summed E-state index contributed by atoms with van der Waals surface area (Å²) < 4.78 is 0. The van der Waals surface area contributed by atoms with E-state index < -0.39 is 0 Å². The number of nitrogens with one attached hydrogen (secondary N) is 2. The Labute approximate surface area is 128 Å². The SMILES string of the molecule is CCc1sc(C(=O)NCC(=O)Nc2ccccc2)cc1C. The van der Waals surface area contributed by atoms with Gasteiger partial charge in [0.2, 0.25) is 5.91 Å². The minimum atomic E-state index is -0.237. The zero-order valence-corrected chi connectivity index (χ0v) is 12.9. The van der Waals surface area contributed by atoms with Gasteiger partial charge < -0.3 is 10.6 Å². The summed E-state index contributed by atoms with van der Waals surface area (Å²) in [6.07, 6.45) is 0.915. The van der Waals surface area contributed by atoms with Crippen molar-refractivity contribution in [3.8, 4) is 0 Å². The van der Waals surface area contributed by atoms with Gasteiger partial charge in [0, 0.05) is 10.6 Å². The monoisotopic (exact) mass is 302 g/mol. The molecule has 0 saturated heterocycles. The maximum atomic E-state index is 12.0. The Hall–Kier alpha value is -2.14. The fraction of sp³-hybridized carbons (Fsp3) is 0.250. The van der Waals surface area contributed by atoms with Gasteiger partial charge in [0.1, 0.15) is 0 Å². The van der Waals surface area contributed by atoms with E-state index in [0.717, 1.165) is 17.7 Å². The fourth-order valence-electron chi connectivity index (χ4n) is 1.96. The molecule has 0 aliphatic heterocycles. The molecule has 1 aromatic carbocycles. The summed E-state index contributed by atoms with van der Waals surface area (Å²) in [5.74, 6) is -0.440. The number of rotatable bonds is 5. The first kappa shape index (κ1) is 15.3. The summed E-state index contributed by atoms with van der Waals surface area (Å²) in [6.45, 7) is 4.02. The largest absolute Gasteiger partial charge is 0.342 e. The van der Waals surface area contributed by atoms with Gasteiger partial charge in [-0.05, 0) is 37.1 Å². The van der Waals surface area contributed by atoms with Crippen molar-refractivity contribution < 1.29 is 9.59 Å². The Morgan fingerprint density at radius 1 is 1.19 bits per heavy atom. The average molecular weight is 302 g/mol. The predicted octanol–water partition coefficient (Wildman–Crippen LogP) is 2.99. The second-order valence-corrected chi connectivity index (χ2v) is 5.80. The predicted molar refractivity (Wildman–Crippen MR) is 85.8 cm³/mol. The standard InChI is InChI=1S/C16H18N2O2S/c1-3-13-11(2)9-14(21-13)16(20)17-10-15(19)18-12-7-5-4-6-8-12/h4-9H,3,10H2,1-2H3,(H,17,20)(H,18,19). The van der Waals surface area contributed by atoms with Crippen LogP contribution in [0.2, 0.25) is 0 Å². The molecule has 0 aliphatic carbocycles. The molecule has 2 N–H and O–H groups in total. The van der Waals surface area contributed by atoms with E-state index in [9.17, 15) is 9.59 Å². The van der Waals surface area contributed by atoms with Crippen molar-refractivity contribution in [1.29, 1.82) is 0 Å². The third-order valence-electron chi connectivity index (χ3n) is 3.03. The maximum Gasteiger partial charge on any atom is 0.261 e. The molecule has 2 amide bonds. The van der Waals surface area contributed by atoms with Crippen LogP contribution in [0, 0.1) is 6.92 Å². The molecular formula is C16H18N2O2S. The van der Waals surface area contributed by atoms with Crippen molar-refractivity contribution >= 4 is 28.8 Å². The van der Waals surface area contributed by atoms with Crippen LogP contribution in [0.3, 0.4) is 0 Å². The number of aryl methyl sites for hydroxylation is 2. The lowest BCUT2D eigenvalue weighted by Crippen LogP contribution is -2.32. The minimum Gasteiger partial charge on any atom is -0.342 e. The first-order valence-electron chi connectivity index (χ1n) is 6.82. The Kier molecular flexibility index (Phi) is 5.11. The molecule has 2 aromatic rings. The Bertz CT molecular complexity index is 635. The van der Waals surface area contributed by atoms with E-state index in [1.807, 2.05) is 31.2 Å². The van der Waals surface area contributed by atoms with Gasteiger partial charge in [0.25, 0.3) is 5.91 Å². The molecule has 110 valence electrons. The van der Waals surface area contributed by atoms with E-state index in [2.05, 4.69) is 17.6 Å². The van der Waals surface area contributed by atoms with Gasteiger partial charge in [0.05, 0.1) is 11.4 Å². The van der Waals surface area contributed by atoms with Crippen molar-refractivity contribution in [3.05, 3.63) is 51.7 Å². The van der Waals surface area contributed by atoms with Gasteiger partial charge in [0.15, 0.2) is 0 Å². The Morgan fingerprint density at radius 3 is 2.52 bits per heavy atom. The molecule has 0 atom stereocenters. The van der Waals surface area contributed by atoms with E-state index in [0.29, 0.717) is 4.88 Å². The van der Waals surface area contributed by atoms with Gasteiger partial charge in [-0.2, -0.15) is 0 Å². The molecule has 0 saturated carbocycles. The van der Waals surface area contributed by atoms with Crippen LogP contribution in [0.1, 0.15) is 27.0 Å². The molecule has 0 unspecified atom stereocenters. The van der Waals surface area contributed by atoms with Crippen LogP contribution < -0.4 is 10.6 Å². The number of benzene rings is 1. The van der Waals surface area contributed by atoms with Crippen molar-refractivity contribution in [1.82, 2.24) is 5.32 Å². The van der Waals surface area contributed by atoms with Crippen LogP contribution in [-0.4, -0.2) is 18.4 Å². The smallest absolute Gasteiger partial charge is 0.261 e. The van der Waals surface area contributed by atoms with Gasteiger partial charge in [-0.3, -0.25) is 9.59 Å². The van der Waals surface area contributed by atoms with E-state index >= 15 is 0 Å². The van der Waals surface area contributed by atoms with Crippen molar-refractivity contribution in [2.45, 2.75) is 20.3 Å². The van der Waals surface area contributed by atoms with Crippen LogP contribution >= 0.6 is 11.3 Å². The normalized spacial score (nSPS) is 10.2. The highest BCUT2D eigenvalue weighted by molar-refractivity contribution is 7.14. The number of para-hydroxylation sites is 1. The van der Waals surface area contributed by atoms with Crippen LogP contribution in [-0.2, 0) is 11.2 Å². The number of carbonyl (C=O) groups excluding carboxylic acids is 2. The number of hydrogen-bond acceptors (Lipinski definition) is 3. The molecule has 1 aromatic heterocycles. The lowest BCUT2D eigenvalue weighted by Gasteiger charge is -2.05. The number of thiophene rings is 1. The third kappa shape index (κ3) is 4.16. The molecule has 5 heteroatoms. The quantitative estimate of drug-likeness (QED) is 0.892. The lowest BCUT2D eigenvalue weighted by molar-refractivity contribution is -0.115. The van der Waals surface area contributed by atoms with Gasteiger partial charge in [-0.1, -0.05) is 25.1 Å². The molecule has 0 bridgehead atoms. The zero-order valence-electron chi connectivity index (χ0n) is 12.1. The third-order valence-corrected chi connectivity index (χ3v) is 4.41. The Balaban J connectivity index is 1.87. The number of hydrogen-bond donors (Lipinski definition) is 2. The summed E-state index contributed by atoms with van der Waals surface area (Å²) in [5.41, 5.74) is 1.85. The molecule has 4 nitrogen and oxygen atoms in total. The highest BCUT2D eigenvalue weighted by Crippen LogP contribution is 2.22. The van der Waals surface area contributed by atoms with Crippen molar-refractivity contribution in [3.63, 3.8) is 0 Å². The summed E-state index contributed by atoms with van der Waals surface area (Å²) in [5, 5.41) is 5.37. The summed E-state index contributed by atoms with van der Waals surface area (Å²) in [6, 6.07) is 11.0. The first-order chi connectivity index (χ1) is 10.1. The first-order valence-corrected chi connectivity index (χ1v) is 7.64. The van der Waals surface area contributed by atoms with Gasteiger partial charge in [-0.25, -0.2) is 0 Å². The highest BCUT2D eigenvalue weighted by Gasteiger charge is 2.12. The van der Waals surface area contributed by atoms with E-state index in [-0.39, 0.29) is 18.4 Å². The molecule has 21 heavy (non-hydrogen) atoms. The van der Waals surface area contributed by atoms with E-state index in [4.69, 9.17) is 0 Å². The summed E-state index contributed by atoms with van der Waals surface area (Å²) in [4.78, 5) is 25.6. The van der Waals surface area contributed by atoms with Gasteiger partial charge in [-0.15, -0.1) is 11.3 Å². The van der Waals surface area contributed by atoms with Crippen molar-refractivity contribution in [2.75, 3.05) is 11.9 Å². The molecule has 0 aliphatic rings. The minimum absolute atomic E-state index is 0.0356. The van der Waals surface area contributed by atoms with E-state index in [1.165, 1.54) is 16.2 Å². The second-order valence-electron chi connectivity index (χ2n) is 4.67. The van der Waals surface area contributed by atoms with Crippen molar-refractivity contribution in [2.24, 2.45) is 0 Å². The fourth-order valence-corrected chi connectivity index (χ4v) is 2.99. The van der Waals surface area contributed by atoms with Crippen LogP contribution in [0.25, 0.3) is 0 Å². The average Bonchev–Trinajstić information content (AvgIpc) is 2.87. The number of carbonyl (C=O) groups is 2. The van der Waals surface area contributed by atoms with Crippen LogP contribution in [0.15, 0.2) is 36.4 Å². The molecular weight excluding hydrogens is 284 g/mol. The Morgan fingerprint density at radius 2 is 1.90 bits per heavy atom. The van der Waals surface area contributed by atoms with Crippen LogP contribution in [0.4, 0.5) is 5.69 Å². The maximum absolute atomic E-state index is 12.0. The molecule has 2 rings (SSSR count). The topological polar surface area (TPSA) is 58.2 Å². The molecule has 0 fully saturated rings. The number of anilines is 1. The molecule has 0 radical (unpaired) electrons.